The third kappa shape index (κ3) is 4.09. The minimum absolute atomic E-state index is 0.0836. The Kier molecular flexibility index (Phi) is 5.51. The zero-order valence-corrected chi connectivity index (χ0v) is 14.6. The average molecular weight is 343 g/mol. The maximum absolute atomic E-state index is 12.5. The van der Waals surface area contributed by atoms with Gasteiger partial charge in [0, 0.05) is 45.5 Å². The molecule has 2 unspecified atom stereocenters. The molecule has 2 atom stereocenters. The number of aliphatic hydroxyl groups is 1. The third-order valence-corrected chi connectivity index (χ3v) is 5.22. The highest BCUT2D eigenvalue weighted by Crippen LogP contribution is 2.25. The molecule has 1 saturated heterocycles. The lowest BCUT2D eigenvalue weighted by molar-refractivity contribution is -0.132. The summed E-state index contributed by atoms with van der Waals surface area (Å²) in [6, 6.07) is 5.76. The van der Waals surface area contributed by atoms with Crippen molar-refractivity contribution in [2.45, 2.75) is 31.4 Å². The molecule has 1 amide bonds. The largest absolute Gasteiger partial charge is 0.391 e. The molecule has 134 valence electrons. The molecule has 1 aliphatic carbocycles. The van der Waals surface area contributed by atoms with E-state index < -0.39 is 0 Å². The van der Waals surface area contributed by atoms with Crippen molar-refractivity contribution in [1.29, 1.82) is 5.26 Å². The summed E-state index contributed by atoms with van der Waals surface area (Å²) in [7, 11) is 1.83. The SMILES string of the molecule is CN(CC(=O)N1CCN(C2CCCC2O)CC1)c1ccc(C#N)cn1. The van der Waals surface area contributed by atoms with E-state index in [9.17, 15) is 9.90 Å². The lowest BCUT2D eigenvalue weighted by Crippen LogP contribution is -2.54. The Labute approximate surface area is 148 Å². The quantitative estimate of drug-likeness (QED) is 0.854. The zero-order valence-electron chi connectivity index (χ0n) is 14.6. The molecule has 2 fully saturated rings. The van der Waals surface area contributed by atoms with Crippen molar-refractivity contribution in [3.63, 3.8) is 0 Å². The Morgan fingerprint density at radius 3 is 2.68 bits per heavy atom. The van der Waals surface area contributed by atoms with Crippen LogP contribution in [0, 0.1) is 11.3 Å². The number of carbonyl (C=O) groups excluding carboxylic acids is 1. The van der Waals surface area contributed by atoms with Gasteiger partial charge in [-0.05, 0) is 31.4 Å². The summed E-state index contributed by atoms with van der Waals surface area (Å²) in [6.45, 7) is 3.33. The summed E-state index contributed by atoms with van der Waals surface area (Å²) >= 11 is 0. The van der Waals surface area contributed by atoms with Crippen LogP contribution in [0.5, 0.6) is 0 Å². The van der Waals surface area contributed by atoms with Gasteiger partial charge in [0.15, 0.2) is 0 Å². The molecule has 1 aliphatic heterocycles. The van der Waals surface area contributed by atoms with Gasteiger partial charge in [-0.25, -0.2) is 4.98 Å². The van der Waals surface area contributed by atoms with Crippen molar-refractivity contribution in [1.82, 2.24) is 14.8 Å². The number of aliphatic hydroxyl groups excluding tert-OH is 1. The Hall–Kier alpha value is -2.17. The fourth-order valence-corrected chi connectivity index (χ4v) is 3.71. The van der Waals surface area contributed by atoms with Crippen molar-refractivity contribution in [3.8, 4) is 6.07 Å². The van der Waals surface area contributed by atoms with E-state index >= 15 is 0 Å². The van der Waals surface area contributed by atoms with Crippen LogP contribution in [0.15, 0.2) is 18.3 Å². The van der Waals surface area contributed by atoms with E-state index in [0.717, 1.165) is 32.4 Å². The number of hydrogen-bond donors (Lipinski definition) is 1. The van der Waals surface area contributed by atoms with E-state index in [1.165, 1.54) is 6.20 Å². The zero-order chi connectivity index (χ0) is 17.8. The number of nitriles is 1. The number of aromatic nitrogens is 1. The minimum Gasteiger partial charge on any atom is -0.391 e. The first-order chi connectivity index (χ1) is 12.1. The number of rotatable bonds is 4. The van der Waals surface area contributed by atoms with Crippen LogP contribution in [0.3, 0.4) is 0 Å². The highest BCUT2D eigenvalue weighted by Gasteiger charge is 2.33. The van der Waals surface area contributed by atoms with Gasteiger partial charge < -0.3 is 14.9 Å². The molecular weight excluding hydrogens is 318 g/mol. The number of hydrogen-bond acceptors (Lipinski definition) is 6. The number of anilines is 1. The van der Waals surface area contributed by atoms with Gasteiger partial charge in [-0.15, -0.1) is 0 Å². The summed E-state index contributed by atoms with van der Waals surface area (Å²) < 4.78 is 0. The molecule has 0 spiro atoms. The molecule has 0 bridgehead atoms. The van der Waals surface area contributed by atoms with Crippen LogP contribution in [0.4, 0.5) is 5.82 Å². The smallest absolute Gasteiger partial charge is 0.242 e. The van der Waals surface area contributed by atoms with Crippen LogP contribution in [-0.2, 0) is 4.79 Å². The highest BCUT2D eigenvalue weighted by atomic mass is 16.3. The van der Waals surface area contributed by atoms with Gasteiger partial charge in [-0.2, -0.15) is 5.26 Å². The lowest BCUT2D eigenvalue weighted by Gasteiger charge is -2.39. The second-order valence-corrected chi connectivity index (χ2v) is 6.86. The first kappa shape index (κ1) is 17.6. The highest BCUT2D eigenvalue weighted by molar-refractivity contribution is 5.81. The fourth-order valence-electron chi connectivity index (χ4n) is 3.71. The Balaban J connectivity index is 1.49. The fraction of sp³-hybridized carbons (Fsp3) is 0.611. The molecule has 25 heavy (non-hydrogen) atoms. The van der Waals surface area contributed by atoms with E-state index in [-0.39, 0.29) is 24.6 Å². The lowest BCUT2D eigenvalue weighted by atomic mass is 10.1. The summed E-state index contributed by atoms with van der Waals surface area (Å²) in [5, 5.41) is 18.9. The average Bonchev–Trinajstić information content (AvgIpc) is 3.07. The summed E-state index contributed by atoms with van der Waals surface area (Å²) in [4.78, 5) is 22.8. The van der Waals surface area contributed by atoms with Crippen molar-refractivity contribution < 1.29 is 9.90 Å². The standard InChI is InChI=1S/C18H25N5O2/c1-21(17-6-5-14(11-19)12-20-17)13-18(25)23-9-7-22(8-10-23)15-3-2-4-16(15)24/h5-6,12,15-16,24H,2-4,7-10,13H2,1H3. The monoisotopic (exact) mass is 343 g/mol. The van der Waals surface area contributed by atoms with Crippen molar-refractivity contribution in [3.05, 3.63) is 23.9 Å². The van der Waals surface area contributed by atoms with Crippen molar-refractivity contribution in [2.75, 3.05) is 44.7 Å². The molecular formula is C18H25N5O2. The Morgan fingerprint density at radius 1 is 1.36 bits per heavy atom. The van der Waals surface area contributed by atoms with E-state index in [2.05, 4.69) is 9.88 Å². The second-order valence-electron chi connectivity index (χ2n) is 6.86. The molecule has 0 aromatic carbocycles. The Bertz CT molecular complexity index is 634. The topological polar surface area (TPSA) is 83.7 Å². The van der Waals surface area contributed by atoms with E-state index in [1.807, 2.05) is 18.0 Å². The number of nitrogens with zero attached hydrogens (tertiary/aromatic N) is 5. The maximum Gasteiger partial charge on any atom is 0.242 e. The first-order valence-corrected chi connectivity index (χ1v) is 8.85. The predicted molar refractivity (Wildman–Crippen MR) is 94.0 cm³/mol. The molecule has 7 nitrogen and oxygen atoms in total. The van der Waals surface area contributed by atoms with Gasteiger partial charge in [0.2, 0.25) is 5.91 Å². The van der Waals surface area contributed by atoms with Crippen LogP contribution in [0.25, 0.3) is 0 Å². The number of piperazine rings is 1. The van der Waals surface area contributed by atoms with Crippen LogP contribution in [-0.4, -0.2) is 77.7 Å². The summed E-state index contributed by atoms with van der Waals surface area (Å²) in [5.41, 5.74) is 0.508. The molecule has 1 aromatic rings. The van der Waals surface area contributed by atoms with Gasteiger partial charge in [0.05, 0.1) is 18.2 Å². The molecule has 2 aliphatic rings. The van der Waals surface area contributed by atoms with Crippen molar-refractivity contribution >= 4 is 11.7 Å². The first-order valence-electron chi connectivity index (χ1n) is 8.85. The van der Waals surface area contributed by atoms with Crippen LogP contribution >= 0.6 is 0 Å². The summed E-state index contributed by atoms with van der Waals surface area (Å²) in [6.07, 6.45) is 4.35. The molecule has 3 rings (SSSR count). The van der Waals surface area contributed by atoms with E-state index in [0.29, 0.717) is 24.5 Å². The van der Waals surface area contributed by atoms with Gasteiger partial charge in [-0.1, -0.05) is 0 Å². The number of amides is 1. The molecule has 1 aromatic heterocycles. The maximum atomic E-state index is 12.5. The van der Waals surface area contributed by atoms with Crippen LogP contribution in [0.2, 0.25) is 0 Å². The van der Waals surface area contributed by atoms with E-state index in [1.54, 1.807) is 17.0 Å². The molecule has 1 N–H and O–H groups in total. The van der Waals surface area contributed by atoms with Gasteiger partial charge >= 0.3 is 0 Å². The van der Waals surface area contributed by atoms with Gasteiger partial charge in [0.25, 0.3) is 0 Å². The van der Waals surface area contributed by atoms with Gasteiger partial charge in [0.1, 0.15) is 11.9 Å². The second kappa shape index (κ2) is 7.81. The van der Waals surface area contributed by atoms with Crippen LogP contribution in [0.1, 0.15) is 24.8 Å². The number of likely N-dealkylation sites (N-methyl/N-ethyl adjacent to an activating group) is 1. The molecule has 0 radical (unpaired) electrons. The molecule has 7 heteroatoms. The van der Waals surface area contributed by atoms with E-state index in [4.69, 9.17) is 5.26 Å². The normalized spacial score (nSPS) is 24.1. The van der Waals surface area contributed by atoms with Crippen LogP contribution < -0.4 is 4.90 Å². The van der Waals surface area contributed by atoms with Crippen molar-refractivity contribution in [2.24, 2.45) is 0 Å². The predicted octanol–water partition coefficient (Wildman–Crippen LogP) is 0.447. The third-order valence-electron chi connectivity index (χ3n) is 5.22. The number of carbonyl (C=O) groups is 1. The van der Waals surface area contributed by atoms with Gasteiger partial charge in [-0.3, -0.25) is 9.69 Å². The molecule has 2 heterocycles. The molecule has 1 saturated carbocycles. The Morgan fingerprint density at radius 2 is 2.12 bits per heavy atom. The minimum atomic E-state index is -0.212. The number of pyridine rings is 1. The summed E-state index contributed by atoms with van der Waals surface area (Å²) in [5.74, 6) is 0.764.